The van der Waals surface area contributed by atoms with Gasteiger partial charge in [0.05, 0.1) is 0 Å². The molecule has 1 amide bonds. The number of carbonyl (C=O) groups excluding carboxylic acids is 1. The fourth-order valence-electron chi connectivity index (χ4n) is 2.87. The van der Waals surface area contributed by atoms with Crippen molar-refractivity contribution < 1.29 is 14.1 Å². The molecule has 1 aromatic carbocycles. The van der Waals surface area contributed by atoms with Gasteiger partial charge in [0.1, 0.15) is 5.75 Å². The fourth-order valence-corrected chi connectivity index (χ4v) is 2.87. The number of amides is 1. The molecule has 1 aromatic heterocycles. The molecule has 0 atom stereocenters. The van der Waals surface area contributed by atoms with Crippen molar-refractivity contribution >= 4 is 5.91 Å². The average Bonchev–Trinajstić information content (AvgIpc) is 3.05. The largest absolute Gasteiger partial charge is 0.485 e. The molecule has 0 saturated carbocycles. The normalized spacial score (nSPS) is 15.6. The number of rotatable bonds is 5. The highest BCUT2D eigenvalue weighted by molar-refractivity contribution is 5.94. The summed E-state index contributed by atoms with van der Waals surface area (Å²) in [7, 11) is 0. The van der Waals surface area contributed by atoms with E-state index in [0.717, 1.165) is 26.2 Å². The summed E-state index contributed by atoms with van der Waals surface area (Å²) in [5.41, 5.74) is 0.681. The fraction of sp³-hybridized carbons (Fsp3) is 0.500. The number of aromatic nitrogens is 2. The Morgan fingerprint density at radius 2 is 1.88 bits per heavy atom. The smallest absolute Gasteiger partial charge is 0.253 e. The quantitative estimate of drug-likeness (QED) is 0.827. The second kappa shape index (κ2) is 7.65. The van der Waals surface area contributed by atoms with Crippen molar-refractivity contribution in [3.63, 3.8) is 0 Å². The molecule has 2 aromatic rings. The van der Waals surface area contributed by atoms with Gasteiger partial charge in [-0.25, -0.2) is 0 Å². The third kappa shape index (κ3) is 4.36. The first kappa shape index (κ1) is 17.4. The zero-order valence-corrected chi connectivity index (χ0v) is 14.9. The van der Waals surface area contributed by atoms with Crippen LogP contribution in [-0.2, 0) is 6.61 Å². The van der Waals surface area contributed by atoms with Crippen LogP contribution in [0.5, 0.6) is 5.75 Å². The van der Waals surface area contributed by atoms with E-state index in [9.17, 15) is 4.79 Å². The van der Waals surface area contributed by atoms with Gasteiger partial charge >= 0.3 is 0 Å². The molecule has 7 nitrogen and oxygen atoms in total. The third-order valence-corrected chi connectivity index (χ3v) is 4.37. The number of hydrogen-bond donors (Lipinski definition) is 0. The molecule has 0 unspecified atom stereocenters. The van der Waals surface area contributed by atoms with Gasteiger partial charge in [-0.3, -0.25) is 9.69 Å². The predicted octanol–water partition coefficient (Wildman–Crippen LogP) is 2.12. The molecule has 0 spiro atoms. The summed E-state index contributed by atoms with van der Waals surface area (Å²) < 4.78 is 10.5. The summed E-state index contributed by atoms with van der Waals surface area (Å²) in [6.45, 7) is 9.74. The predicted molar refractivity (Wildman–Crippen MR) is 92.4 cm³/mol. The minimum Gasteiger partial charge on any atom is -0.485 e. The number of carbonyl (C=O) groups is 1. The third-order valence-electron chi connectivity index (χ3n) is 4.37. The summed E-state index contributed by atoms with van der Waals surface area (Å²) >= 11 is 0. The van der Waals surface area contributed by atoms with Crippen molar-refractivity contribution in [2.75, 3.05) is 26.2 Å². The van der Waals surface area contributed by atoms with Crippen LogP contribution in [0, 0.1) is 6.92 Å². The van der Waals surface area contributed by atoms with Crippen molar-refractivity contribution in [3.05, 3.63) is 41.5 Å². The topological polar surface area (TPSA) is 71.7 Å². The van der Waals surface area contributed by atoms with Gasteiger partial charge in [0.25, 0.3) is 5.91 Å². The Morgan fingerprint density at radius 1 is 1.20 bits per heavy atom. The molecule has 0 radical (unpaired) electrons. The Hall–Kier alpha value is -2.41. The molecule has 1 fully saturated rings. The maximum absolute atomic E-state index is 12.6. The van der Waals surface area contributed by atoms with Gasteiger partial charge < -0.3 is 14.2 Å². The zero-order chi connectivity index (χ0) is 17.8. The maximum atomic E-state index is 12.6. The van der Waals surface area contributed by atoms with E-state index in [-0.39, 0.29) is 12.5 Å². The Morgan fingerprint density at radius 3 is 2.44 bits per heavy atom. The Kier molecular flexibility index (Phi) is 5.33. The van der Waals surface area contributed by atoms with Crippen LogP contribution < -0.4 is 4.74 Å². The van der Waals surface area contributed by atoms with Crippen molar-refractivity contribution in [1.82, 2.24) is 19.9 Å². The van der Waals surface area contributed by atoms with Crippen molar-refractivity contribution in [1.29, 1.82) is 0 Å². The van der Waals surface area contributed by atoms with Crippen LogP contribution in [0.4, 0.5) is 0 Å². The highest BCUT2D eigenvalue weighted by Gasteiger charge is 2.23. The Bertz CT molecular complexity index is 703. The van der Waals surface area contributed by atoms with Gasteiger partial charge in [-0.15, -0.1) is 0 Å². The summed E-state index contributed by atoms with van der Waals surface area (Å²) in [5.74, 6) is 1.75. The highest BCUT2D eigenvalue weighted by Crippen LogP contribution is 2.16. The van der Waals surface area contributed by atoms with Crippen LogP contribution in [0.25, 0.3) is 0 Å². The second-order valence-corrected chi connectivity index (χ2v) is 6.46. The van der Waals surface area contributed by atoms with E-state index in [1.54, 1.807) is 31.2 Å². The highest BCUT2D eigenvalue weighted by atomic mass is 16.5. The first-order chi connectivity index (χ1) is 12.0. The summed E-state index contributed by atoms with van der Waals surface area (Å²) in [5, 5.41) is 3.78. The van der Waals surface area contributed by atoms with Gasteiger partial charge in [-0.1, -0.05) is 5.16 Å². The van der Waals surface area contributed by atoms with Crippen LogP contribution in [0.15, 0.2) is 28.8 Å². The molecular formula is C18H24N4O3. The SMILES string of the molecule is Cc1nc(COc2ccc(C(=O)N3CCN(C(C)C)CC3)cc2)no1. The molecule has 25 heavy (non-hydrogen) atoms. The van der Waals surface area contributed by atoms with Crippen LogP contribution in [0.1, 0.15) is 35.9 Å². The molecule has 0 aliphatic carbocycles. The lowest BCUT2D eigenvalue weighted by molar-refractivity contribution is 0.0595. The number of piperazine rings is 1. The van der Waals surface area contributed by atoms with Gasteiger partial charge in [-0.05, 0) is 38.1 Å². The van der Waals surface area contributed by atoms with E-state index in [0.29, 0.717) is 29.1 Å². The lowest BCUT2D eigenvalue weighted by atomic mass is 10.1. The van der Waals surface area contributed by atoms with Gasteiger partial charge in [-0.2, -0.15) is 4.98 Å². The average molecular weight is 344 g/mol. The minimum atomic E-state index is 0.0729. The van der Waals surface area contributed by atoms with Crippen molar-refractivity contribution in [2.24, 2.45) is 0 Å². The van der Waals surface area contributed by atoms with Gasteiger partial charge in [0.15, 0.2) is 6.61 Å². The molecule has 0 N–H and O–H groups in total. The maximum Gasteiger partial charge on any atom is 0.253 e. The standard InChI is InChI=1S/C18H24N4O3/c1-13(2)21-8-10-22(11-9-21)18(23)15-4-6-16(7-5-15)24-12-17-19-14(3)25-20-17/h4-7,13H,8-12H2,1-3H3. The molecule has 3 rings (SSSR count). The summed E-state index contributed by atoms with van der Waals surface area (Å²) in [6, 6.07) is 7.72. The molecule has 7 heteroatoms. The van der Waals surface area contributed by atoms with E-state index in [4.69, 9.17) is 9.26 Å². The Labute approximate surface area is 147 Å². The summed E-state index contributed by atoms with van der Waals surface area (Å²) in [4.78, 5) is 21.0. The Balaban J connectivity index is 1.54. The summed E-state index contributed by atoms with van der Waals surface area (Å²) in [6.07, 6.45) is 0. The van der Waals surface area contributed by atoms with Crippen molar-refractivity contribution in [2.45, 2.75) is 33.4 Å². The number of aryl methyl sites for hydroxylation is 1. The van der Waals surface area contributed by atoms with Crippen LogP contribution >= 0.6 is 0 Å². The van der Waals surface area contributed by atoms with E-state index in [1.165, 1.54) is 0 Å². The first-order valence-corrected chi connectivity index (χ1v) is 8.58. The molecular weight excluding hydrogens is 320 g/mol. The lowest BCUT2D eigenvalue weighted by Crippen LogP contribution is -2.50. The zero-order valence-electron chi connectivity index (χ0n) is 14.9. The van der Waals surface area contributed by atoms with E-state index >= 15 is 0 Å². The number of nitrogens with zero attached hydrogens (tertiary/aromatic N) is 4. The van der Waals surface area contributed by atoms with E-state index < -0.39 is 0 Å². The van der Waals surface area contributed by atoms with Crippen LogP contribution in [-0.4, -0.2) is 58.1 Å². The minimum absolute atomic E-state index is 0.0729. The number of ether oxygens (including phenoxy) is 1. The van der Waals surface area contributed by atoms with E-state index in [2.05, 4.69) is 28.9 Å². The molecule has 1 aliphatic rings. The molecule has 134 valence electrons. The monoisotopic (exact) mass is 344 g/mol. The molecule has 2 heterocycles. The van der Waals surface area contributed by atoms with Gasteiger partial charge in [0, 0.05) is 44.7 Å². The second-order valence-electron chi connectivity index (χ2n) is 6.46. The van der Waals surface area contributed by atoms with Crippen molar-refractivity contribution in [3.8, 4) is 5.75 Å². The number of benzene rings is 1. The molecule has 1 saturated heterocycles. The lowest BCUT2D eigenvalue weighted by Gasteiger charge is -2.37. The first-order valence-electron chi connectivity index (χ1n) is 8.58. The van der Waals surface area contributed by atoms with Crippen LogP contribution in [0.2, 0.25) is 0 Å². The van der Waals surface area contributed by atoms with Crippen LogP contribution in [0.3, 0.4) is 0 Å². The molecule has 0 bridgehead atoms. The van der Waals surface area contributed by atoms with E-state index in [1.807, 2.05) is 4.90 Å². The molecule has 1 aliphatic heterocycles. The number of hydrogen-bond acceptors (Lipinski definition) is 6. The van der Waals surface area contributed by atoms with Gasteiger partial charge in [0.2, 0.25) is 11.7 Å².